The minimum atomic E-state index is -0.213. The number of amides is 1. The van der Waals surface area contributed by atoms with E-state index in [9.17, 15) is 4.79 Å². The summed E-state index contributed by atoms with van der Waals surface area (Å²) in [5, 5.41) is 5.97. The first-order chi connectivity index (χ1) is 11.1. The first-order valence-corrected chi connectivity index (χ1v) is 7.58. The van der Waals surface area contributed by atoms with Crippen LogP contribution in [0.15, 0.2) is 36.7 Å². The van der Waals surface area contributed by atoms with E-state index in [1.54, 1.807) is 13.3 Å². The van der Waals surface area contributed by atoms with Crippen molar-refractivity contribution in [3.63, 3.8) is 0 Å². The van der Waals surface area contributed by atoms with Crippen molar-refractivity contribution < 1.29 is 9.53 Å². The monoisotopic (exact) mass is 314 g/mol. The maximum Gasteiger partial charge on any atom is 0.271 e. The van der Waals surface area contributed by atoms with E-state index in [2.05, 4.69) is 26.7 Å². The topological polar surface area (TPSA) is 76.1 Å². The van der Waals surface area contributed by atoms with Gasteiger partial charge in [0, 0.05) is 12.6 Å². The maximum absolute atomic E-state index is 11.8. The Morgan fingerprint density at radius 3 is 2.74 bits per heavy atom. The second-order valence-corrected chi connectivity index (χ2v) is 5.44. The fourth-order valence-corrected chi connectivity index (χ4v) is 2.04. The van der Waals surface area contributed by atoms with Crippen molar-refractivity contribution in [2.45, 2.75) is 26.3 Å². The lowest BCUT2D eigenvalue weighted by Gasteiger charge is -2.09. The molecule has 2 N–H and O–H groups in total. The molecule has 0 fully saturated rings. The van der Waals surface area contributed by atoms with Crippen LogP contribution in [0.1, 0.15) is 29.9 Å². The average Bonchev–Trinajstić information content (AvgIpc) is 2.55. The summed E-state index contributed by atoms with van der Waals surface area (Å²) in [6, 6.07) is 8.02. The smallest absolute Gasteiger partial charge is 0.271 e. The highest BCUT2D eigenvalue weighted by molar-refractivity contribution is 5.92. The van der Waals surface area contributed by atoms with E-state index in [4.69, 9.17) is 4.74 Å². The van der Waals surface area contributed by atoms with Crippen LogP contribution in [-0.2, 0) is 6.42 Å². The lowest BCUT2D eigenvalue weighted by Crippen LogP contribution is -2.30. The van der Waals surface area contributed by atoms with Crippen LogP contribution in [-0.4, -0.2) is 35.6 Å². The minimum Gasteiger partial charge on any atom is -0.497 e. The van der Waals surface area contributed by atoms with Gasteiger partial charge >= 0.3 is 0 Å². The van der Waals surface area contributed by atoms with Gasteiger partial charge in [-0.25, -0.2) is 9.97 Å². The molecule has 1 aromatic heterocycles. The Labute approximate surface area is 136 Å². The van der Waals surface area contributed by atoms with Crippen molar-refractivity contribution in [1.82, 2.24) is 15.3 Å². The molecule has 23 heavy (non-hydrogen) atoms. The van der Waals surface area contributed by atoms with E-state index < -0.39 is 0 Å². The fourth-order valence-electron chi connectivity index (χ4n) is 2.04. The molecule has 0 radical (unpaired) electrons. The van der Waals surface area contributed by atoms with Crippen LogP contribution in [0.25, 0.3) is 0 Å². The highest BCUT2D eigenvalue weighted by Crippen LogP contribution is 2.13. The summed E-state index contributed by atoms with van der Waals surface area (Å²) in [6.07, 6.45) is 3.89. The first-order valence-electron chi connectivity index (χ1n) is 7.58. The maximum atomic E-state index is 11.8. The first kappa shape index (κ1) is 16.7. The van der Waals surface area contributed by atoms with Crippen LogP contribution in [0, 0.1) is 0 Å². The SMILES string of the molecule is COc1cccc(CCNc2cnc(C(=O)NC(C)C)cn2)c1. The van der Waals surface area contributed by atoms with Gasteiger partial charge in [-0.1, -0.05) is 12.1 Å². The van der Waals surface area contributed by atoms with Crippen molar-refractivity contribution in [2.75, 3.05) is 19.0 Å². The number of nitrogens with zero attached hydrogens (tertiary/aromatic N) is 2. The summed E-state index contributed by atoms with van der Waals surface area (Å²) in [5.74, 6) is 1.28. The summed E-state index contributed by atoms with van der Waals surface area (Å²) in [7, 11) is 1.66. The zero-order valence-corrected chi connectivity index (χ0v) is 13.7. The van der Waals surface area contributed by atoms with Gasteiger partial charge in [0.15, 0.2) is 0 Å². The van der Waals surface area contributed by atoms with Gasteiger partial charge in [-0.3, -0.25) is 4.79 Å². The van der Waals surface area contributed by atoms with Crippen LogP contribution in [0.5, 0.6) is 5.75 Å². The molecule has 0 aliphatic carbocycles. The van der Waals surface area contributed by atoms with E-state index in [-0.39, 0.29) is 11.9 Å². The molecule has 0 spiro atoms. The van der Waals surface area contributed by atoms with E-state index in [1.807, 2.05) is 32.0 Å². The average molecular weight is 314 g/mol. The number of ether oxygens (including phenoxy) is 1. The molecule has 0 saturated heterocycles. The van der Waals surface area contributed by atoms with E-state index in [1.165, 1.54) is 11.8 Å². The molecular weight excluding hydrogens is 292 g/mol. The van der Waals surface area contributed by atoms with Crippen molar-refractivity contribution in [1.29, 1.82) is 0 Å². The van der Waals surface area contributed by atoms with Crippen molar-refractivity contribution >= 4 is 11.7 Å². The Kier molecular flexibility index (Phi) is 5.91. The molecule has 6 nitrogen and oxygen atoms in total. The van der Waals surface area contributed by atoms with E-state index in [0.29, 0.717) is 11.5 Å². The Hall–Kier alpha value is -2.63. The molecule has 6 heteroatoms. The van der Waals surface area contributed by atoms with Gasteiger partial charge in [-0.15, -0.1) is 0 Å². The Bertz CT molecular complexity index is 641. The van der Waals surface area contributed by atoms with Crippen molar-refractivity contribution in [3.05, 3.63) is 47.9 Å². The molecule has 122 valence electrons. The van der Waals surface area contributed by atoms with Gasteiger partial charge in [0.1, 0.15) is 17.3 Å². The molecule has 1 amide bonds. The third-order valence-corrected chi connectivity index (χ3v) is 3.16. The van der Waals surface area contributed by atoms with Gasteiger partial charge in [0.2, 0.25) is 0 Å². The number of carbonyl (C=O) groups excluding carboxylic acids is 1. The molecule has 0 atom stereocenters. The molecule has 2 rings (SSSR count). The summed E-state index contributed by atoms with van der Waals surface area (Å²) in [6.45, 7) is 4.53. The molecule has 0 saturated carbocycles. The molecule has 1 aromatic carbocycles. The van der Waals surface area contributed by atoms with Crippen LogP contribution in [0.4, 0.5) is 5.82 Å². The number of hydrogen-bond acceptors (Lipinski definition) is 5. The Morgan fingerprint density at radius 2 is 2.09 bits per heavy atom. The van der Waals surface area contributed by atoms with Gasteiger partial charge in [0.25, 0.3) is 5.91 Å². The third-order valence-electron chi connectivity index (χ3n) is 3.16. The molecule has 2 aromatic rings. The molecule has 0 bridgehead atoms. The summed E-state index contributed by atoms with van der Waals surface area (Å²) >= 11 is 0. The predicted octanol–water partition coefficient (Wildman–Crippen LogP) is 2.28. The largest absolute Gasteiger partial charge is 0.497 e. The van der Waals surface area contributed by atoms with Gasteiger partial charge < -0.3 is 15.4 Å². The summed E-state index contributed by atoms with van der Waals surface area (Å²) < 4.78 is 5.20. The van der Waals surface area contributed by atoms with Crippen LogP contribution in [0.3, 0.4) is 0 Å². The molecule has 0 aliphatic heterocycles. The minimum absolute atomic E-state index is 0.0740. The summed E-state index contributed by atoms with van der Waals surface area (Å²) in [4.78, 5) is 20.1. The third kappa shape index (κ3) is 5.25. The van der Waals surface area contributed by atoms with E-state index in [0.717, 1.165) is 18.7 Å². The number of aromatic nitrogens is 2. The van der Waals surface area contributed by atoms with Crippen LogP contribution < -0.4 is 15.4 Å². The van der Waals surface area contributed by atoms with Gasteiger partial charge in [-0.05, 0) is 38.0 Å². The number of benzene rings is 1. The van der Waals surface area contributed by atoms with Crippen LogP contribution in [0.2, 0.25) is 0 Å². The number of hydrogen-bond donors (Lipinski definition) is 2. The van der Waals surface area contributed by atoms with Crippen molar-refractivity contribution in [3.8, 4) is 5.75 Å². The molecule has 0 aliphatic rings. The van der Waals surface area contributed by atoms with Gasteiger partial charge in [0.05, 0.1) is 19.5 Å². The van der Waals surface area contributed by atoms with Gasteiger partial charge in [-0.2, -0.15) is 0 Å². The number of nitrogens with one attached hydrogen (secondary N) is 2. The normalized spacial score (nSPS) is 10.4. The van der Waals surface area contributed by atoms with Crippen molar-refractivity contribution in [2.24, 2.45) is 0 Å². The lowest BCUT2D eigenvalue weighted by molar-refractivity contribution is 0.0937. The second kappa shape index (κ2) is 8.12. The molecule has 0 unspecified atom stereocenters. The molecule has 1 heterocycles. The zero-order valence-electron chi connectivity index (χ0n) is 13.7. The Morgan fingerprint density at radius 1 is 1.26 bits per heavy atom. The number of rotatable bonds is 7. The van der Waals surface area contributed by atoms with Crippen LogP contribution >= 0.6 is 0 Å². The highest BCUT2D eigenvalue weighted by atomic mass is 16.5. The second-order valence-electron chi connectivity index (χ2n) is 5.44. The fraction of sp³-hybridized carbons (Fsp3) is 0.353. The number of methoxy groups -OCH3 is 1. The highest BCUT2D eigenvalue weighted by Gasteiger charge is 2.08. The quantitative estimate of drug-likeness (QED) is 0.820. The summed E-state index contributed by atoms with van der Waals surface area (Å²) in [5.41, 5.74) is 1.50. The lowest BCUT2D eigenvalue weighted by atomic mass is 10.1. The Balaban J connectivity index is 1.85. The number of carbonyl (C=O) groups is 1. The van der Waals surface area contributed by atoms with E-state index >= 15 is 0 Å². The molecular formula is C17H22N4O2. The standard InChI is InChI=1S/C17H22N4O2/c1-12(2)21-17(22)15-10-20-16(11-19-15)18-8-7-13-5-4-6-14(9-13)23-3/h4-6,9-12H,7-8H2,1-3H3,(H,18,20)(H,21,22). The zero-order chi connectivity index (χ0) is 16.7. The predicted molar refractivity (Wildman–Crippen MR) is 89.8 cm³/mol. The number of anilines is 1.